The van der Waals surface area contributed by atoms with E-state index in [4.69, 9.17) is 11.6 Å². The van der Waals surface area contributed by atoms with Gasteiger partial charge in [-0.05, 0) is 61.5 Å². The number of aromatic nitrogens is 2. The average Bonchev–Trinajstić information content (AvgIpc) is 3.46. The van der Waals surface area contributed by atoms with E-state index in [0.717, 1.165) is 36.3 Å². The molecule has 6 nitrogen and oxygen atoms in total. The summed E-state index contributed by atoms with van der Waals surface area (Å²) in [6, 6.07) is 13.0. The second-order valence-electron chi connectivity index (χ2n) is 8.75. The number of hydrogen-bond donors (Lipinski definition) is 1. The highest BCUT2D eigenvalue weighted by molar-refractivity contribution is 7.13. The van der Waals surface area contributed by atoms with Gasteiger partial charge in [-0.3, -0.25) is 19.2 Å². The van der Waals surface area contributed by atoms with Gasteiger partial charge in [0.15, 0.2) is 0 Å². The topological polar surface area (TPSA) is 67.2 Å². The van der Waals surface area contributed by atoms with Crippen LogP contribution in [0.1, 0.15) is 49.5 Å². The number of anilines is 1. The molecule has 0 saturated heterocycles. The smallest absolute Gasteiger partial charge is 0.277 e. The fourth-order valence-electron chi connectivity index (χ4n) is 4.71. The number of nitrogens with one attached hydrogen (secondary N) is 1. The van der Waals surface area contributed by atoms with Crippen LogP contribution >= 0.6 is 22.9 Å². The first-order valence-electron chi connectivity index (χ1n) is 11.0. The van der Waals surface area contributed by atoms with Crippen molar-refractivity contribution in [3.05, 3.63) is 58.6 Å². The first kappa shape index (κ1) is 21.2. The Morgan fingerprint density at radius 3 is 2.62 bits per heavy atom. The van der Waals surface area contributed by atoms with E-state index in [1.807, 2.05) is 30.5 Å². The number of hydrogen-bond acceptors (Lipinski definition) is 4. The standard InChI is InChI=1S/C24H25ClN4O2S/c1-24(23(31)26-17-6-3-2-4-7-17)15-28-20(14-19(27-28)21-8-5-13-32-21)22(30)29(24)18-11-9-16(25)10-12-18/h5,8-14,17H,2-4,6-7,15H2,1H3,(H,26,31)/t24-/m0/s1. The van der Waals surface area contributed by atoms with Crippen molar-refractivity contribution in [2.45, 2.75) is 57.2 Å². The van der Waals surface area contributed by atoms with Gasteiger partial charge in [0.1, 0.15) is 16.9 Å². The Morgan fingerprint density at radius 1 is 1.19 bits per heavy atom. The molecule has 3 aromatic rings. The molecule has 32 heavy (non-hydrogen) atoms. The summed E-state index contributed by atoms with van der Waals surface area (Å²) in [5.41, 5.74) is 0.752. The highest BCUT2D eigenvalue weighted by atomic mass is 35.5. The fraction of sp³-hybridized carbons (Fsp3) is 0.375. The Balaban J connectivity index is 1.55. The molecule has 1 saturated carbocycles. The van der Waals surface area contributed by atoms with Crippen LogP contribution in [-0.2, 0) is 11.3 Å². The lowest BCUT2D eigenvalue weighted by Gasteiger charge is -2.44. The van der Waals surface area contributed by atoms with Crippen LogP contribution in [0.2, 0.25) is 5.02 Å². The number of fused-ring (bicyclic) bond motifs is 1. The summed E-state index contributed by atoms with van der Waals surface area (Å²) in [5.74, 6) is -0.387. The van der Waals surface area contributed by atoms with Gasteiger partial charge in [0.2, 0.25) is 5.91 Å². The molecule has 2 aromatic heterocycles. The first-order chi connectivity index (χ1) is 15.5. The van der Waals surface area contributed by atoms with Gasteiger partial charge in [-0.1, -0.05) is 36.9 Å². The van der Waals surface area contributed by atoms with Crippen molar-refractivity contribution in [3.8, 4) is 10.6 Å². The summed E-state index contributed by atoms with van der Waals surface area (Å²) in [6.45, 7) is 2.10. The zero-order valence-electron chi connectivity index (χ0n) is 17.9. The molecule has 1 fully saturated rings. The van der Waals surface area contributed by atoms with Gasteiger partial charge in [0.25, 0.3) is 5.91 Å². The number of nitrogens with zero attached hydrogens (tertiary/aromatic N) is 3. The SMILES string of the molecule is C[C@@]1(C(=O)NC2CCCCC2)Cn2nc(-c3cccs3)cc2C(=O)N1c1ccc(Cl)cc1. The predicted octanol–water partition coefficient (Wildman–Crippen LogP) is 5.13. The third kappa shape index (κ3) is 3.73. The second-order valence-corrected chi connectivity index (χ2v) is 10.1. The van der Waals surface area contributed by atoms with Gasteiger partial charge in [-0.2, -0.15) is 5.10 Å². The minimum absolute atomic E-state index is 0.147. The van der Waals surface area contributed by atoms with Crippen LogP contribution in [0.4, 0.5) is 5.69 Å². The van der Waals surface area contributed by atoms with Crippen molar-refractivity contribution in [2.24, 2.45) is 0 Å². The lowest BCUT2D eigenvalue weighted by atomic mass is 9.91. The molecule has 1 N–H and O–H groups in total. The minimum Gasteiger partial charge on any atom is -0.351 e. The zero-order valence-corrected chi connectivity index (χ0v) is 19.5. The van der Waals surface area contributed by atoms with Gasteiger partial charge in [0.05, 0.1) is 11.4 Å². The maximum Gasteiger partial charge on any atom is 0.277 e. The number of halogens is 1. The molecule has 0 unspecified atom stereocenters. The van der Waals surface area contributed by atoms with Gasteiger partial charge in [-0.15, -0.1) is 11.3 Å². The molecular weight excluding hydrogens is 444 g/mol. The Bertz CT molecular complexity index is 1140. The average molecular weight is 469 g/mol. The van der Waals surface area contributed by atoms with Gasteiger partial charge in [-0.25, -0.2) is 0 Å². The number of carbonyl (C=O) groups excluding carboxylic acids is 2. The number of thiophene rings is 1. The second kappa shape index (κ2) is 8.37. The third-order valence-electron chi connectivity index (χ3n) is 6.44. The van der Waals surface area contributed by atoms with Crippen LogP contribution in [0.5, 0.6) is 0 Å². The van der Waals surface area contributed by atoms with E-state index in [1.165, 1.54) is 6.42 Å². The molecular formula is C24H25ClN4O2S. The lowest BCUT2D eigenvalue weighted by molar-refractivity contribution is -0.127. The van der Waals surface area contributed by atoms with Crippen molar-refractivity contribution in [1.29, 1.82) is 0 Å². The quantitative estimate of drug-likeness (QED) is 0.577. The molecule has 8 heteroatoms. The van der Waals surface area contributed by atoms with E-state index in [-0.39, 0.29) is 24.4 Å². The molecule has 2 aliphatic rings. The fourth-order valence-corrected chi connectivity index (χ4v) is 5.52. The molecule has 0 radical (unpaired) electrons. The van der Waals surface area contributed by atoms with Gasteiger partial charge >= 0.3 is 0 Å². The molecule has 0 bridgehead atoms. The van der Waals surface area contributed by atoms with Crippen molar-refractivity contribution in [3.63, 3.8) is 0 Å². The number of rotatable bonds is 4. The van der Waals surface area contributed by atoms with E-state index in [0.29, 0.717) is 16.4 Å². The lowest BCUT2D eigenvalue weighted by Crippen LogP contribution is -2.65. The molecule has 1 aromatic carbocycles. The van der Waals surface area contributed by atoms with Crippen LogP contribution in [0.3, 0.4) is 0 Å². The molecule has 3 heterocycles. The molecule has 166 valence electrons. The van der Waals surface area contributed by atoms with E-state index in [9.17, 15) is 9.59 Å². The monoisotopic (exact) mass is 468 g/mol. The maximum atomic E-state index is 13.8. The largest absolute Gasteiger partial charge is 0.351 e. The summed E-state index contributed by atoms with van der Waals surface area (Å²) in [7, 11) is 0. The van der Waals surface area contributed by atoms with Gasteiger partial charge < -0.3 is 5.32 Å². The molecule has 5 rings (SSSR count). The number of benzene rings is 1. The summed E-state index contributed by atoms with van der Waals surface area (Å²) >= 11 is 7.67. The number of carbonyl (C=O) groups is 2. The first-order valence-corrected chi connectivity index (χ1v) is 12.2. The van der Waals surface area contributed by atoms with Gasteiger partial charge in [0, 0.05) is 16.8 Å². The summed E-state index contributed by atoms with van der Waals surface area (Å²) in [5, 5.41) is 10.5. The van der Waals surface area contributed by atoms with E-state index < -0.39 is 5.54 Å². The van der Waals surface area contributed by atoms with E-state index in [1.54, 1.807) is 45.2 Å². The highest BCUT2D eigenvalue weighted by Crippen LogP contribution is 2.35. The summed E-state index contributed by atoms with van der Waals surface area (Å²) in [6.07, 6.45) is 5.41. The van der Waals surface area contributed by atoms with Crippen molar-refractivity contribution in [2.75, 3.05) is 4.90 Å². The van der Waals surface area contributed by atoms with Crippen LogP contribution in [0, 0.1) is 0 Å². The summed E-state index contributed by atoms with van der Waals surface area (Å²) in [4.78, 5) is 30.0. The Kier molecular flexibility index (Phi) is 5.55. The van der Waals surface area contributed by atoms with Crippen LogP contribution in [0.25, 0.3) is 10.6 Å². The Hall–Kier alpha value is -2.64. The molecule has 0 spiro atoms. The van der Waals surface area contributed by atoms with Crippen molar-refractivity contribution in [1.82, 2.24) is 15.1 Å². The Labute approximate surface area is 196 Å². The maximum absolute atomic E-state index is 13.8. The van der Waals surface area contributed by atoms with Crippen molar-refractivity contribution >= 4 is 40.4 Å². The molecule has 1 aliphatic heterocycles. The summed E-state index contributed by atoms with van der Waals surface area (Å²) < 4.78 is 1.68. The van der Waals surface area contributed by atoms with E-state index in [2.05, 4.69) is 10.4 Å². The van der Waals surface area contributed by atoms with Crippen LogP contribution in [0.15, 0.2) is 47.8 Å². The minimum atomic E-state index is -1.12. The van der Waals surface area contributed by atoms with Crippen molar-refractivity contribution < 1.29 is 9.59 Å². The molecule has 1 atom stereocenters. The zero-order chi connectivity index (χ0) is 22.3. The number of amides is 2. The molecule has 1 aliphatic carbocycles. The van der Waals surface area contributed by atoms with Crippen LogP contribution < -0.4 is 10.2 Å². The van der Waals surface area contributed by atoms with E-state index >= 15 is 0 Å². The third-order valence-corrected chi connectivity index (χ3v) is 7.59. The normalized spacial score (nSPS) is 21.4. The highest BCUT2D eigenvalue weighted by Gasteiger charge is 2.49. The van der Waals surface area contributed by atoms with Crippen LogP contribution in [-0.4, -0.2) is 33.2 Å². The molecule has 2 amide bonds. The predicted molar refractivity (Wildman–Crippen MR) is 127 cm³/mol. The Morgan fingerprint density at radius 2 is 1.94 bits per heavy atom.